The Morgan fingerprint density at radius 3 is 2.59 bits per heavy atom. The van der Waals surface area contributed by atoms with Crippen LogP contribution in [-0.2, 0) is 0 Å². The normalized spacial score (nSPS) is 10.8. The molecule has 0 fully saturated rings. The summed E-state index contributed by atoms with van der Waals surface area (Å²) >= 11 is 0. The molecule has 2 aromatic rings. The van der Waals surface area contributed by atoms with Gasteiger partial charge in [0.2, 0.25) is 0 Å². The molecule has 1 aromatic heterocycles. The lowest BCUT2D eigenvalue weighted by Gasteiger charge is -2.03. The van der Waals surface area contributed by atoms with Crippen molar-refractivity contribution in [1.29, 1.82) is 0 Å². The summed E-state index contributed by atoms with van der Waals surface area (Å²) in [5, 5.41) is 4.26. The van der Waals surface area contributed by atoms with E-state index in [1.165, 1.54) is 10.7 Å². The number of rotatable bonds is 3. The Labute approximate surface area is 98.9 Å². The summed E-state index contributed by atoms with van der Waals surface area (Å²) in [6, 6.07) is 6.34. The van der Waals surface area contributed by atoms with E-state index in [9.17, 15) is 9.18 Å². The fourth-order valence-electron chi connectivity index (χ4n) is 1.70. The molecule has 88 valence electrons. The van der Waals surface area contributed by atoms with Crippen LogP contribution in [0.2, 0.25) is 0 Å². The van der Waals surface area contributed by atoms with Gasteiger partial charge in [-0.1, -0.05) is 26.0 Å². The van der Waals surface area contributed by atoms with Gasteiger partial charge in [-0.15, -0.1) is 0 Å². The third-order valence-corrected chi connectivity index (χ3v) is 2.55. The Morgan fingerprint density at radius 1 is 1.35 bits per heavy atom. The van der Waals surface area contributed by atoms with E-state index in [0.29, 0.717) is 16.9 Å². The molecule has 0 bridgehead atoms. The molecule has 0 aliphatic heterocycles. The van der Waals surface area contributed by atoms with E-state index < -0.39 is 0 Å². The second-order valence-corrected chi connectivity index (χ2v) is 4.14. The molecule has 17 heavy (non-hydrogen) atoms. The highest BCUT2D eigenvalue weighted by molar-refractivity contribution is 5.76. The topological polar surface area (TPSA) is 34.9 Å². The summed E-state index contributed by atoms with van der Waals surface area (Å²) in [5.41, 5.74) is 1.54. The lowest BCUT2D eigenvalue weighted by atomic mass is 10.1. The zero-order chi connectivity index (χ0) is 12.4. The van der Waals surface area contributed by atoms with E-state index in [1.807, 2.05) is 13.8 Å². The van der Waals surface area contributed by atoms with Crippen LogP contribution in [-0.4, -0.2) is 16.1 Å². The van der Waals surface area contributed by atoms with Crippen LogP contribution in [0.4, 0.5) is 4.39 Å². The number of aromatic nitrogens is 2. The molecule has 0 aliphatic carbocycles. The summed E-state index contributed by atoms with van der Waals surface area (Å²) in [5.74, 6) is -0.231. The zero-order valence-corrected chi connectivity index (χ0v) is 9.72. The zero-order valence-electron chi connectivity index (χ0n) is 9.72. The summed E-state index contributed by atoms with van der Waals surface area (Å²) < 4.78 is 15.0. The fraction of sp³-hybridized carbons (Fsp3) is 0.231. The number of hydrogen-bond donors (Lipinski definition) is 0. The minimum Gasteiger partial charge on any atom is -0.298 e. The summed E-state index contributed by atoms with van der Waals surface area (Å²) in [6.07, 6.45) is 2.31. The van der Waals surface area contributed by atoms with Crippen molar-refractivity contribution in [1.82, 2.24) is 9.78 Å². The van der Waals surface area contributed by atoms with E-state index in [4.69, 9.17) is 0 Å². The fourth-order valence-corrected chi connectivity index (χ4v) is 1.70. The summed E-state index contributed by atoms with van der Waals surface area (Å²) in [6.45, 7) is 3.89. The Hall–Kier alpha value is -1.97. The number of benzene rings is 1. The lowest BCUT2D eigenvalue weighted by molar-refractivity contribution is 0.112. The Bertz CT molecular complexity index is 546. The van der Waals surface area contributed by atoms with Crippen molar-refractivity contribution < 1.29 is 9.18 Å². The molecule has 0 amide bonds. The van der Waals surface area contributed by atoms with Crippen LogP contribution in [0, 0.1) is 5.82 Å². The molecular weight excluding hydrogens is 219 g/mol. The molecule has 0 saturated carbocycles. The van der Waals surface area contributed by atoms with Crippen molar-refractivity contribution >= 4 is 6.29 Å². The molecule has 1 heterocycles. The van der Waals surface area contributed by atoms with Gasteiger partial charge in [0.05, 0.1) is 11.3 Å². The second kappa shape index (κ2) is 4.49. The number of nitrogens with zero attached hydrogens (tertiary/aromatic N) is 2. The summed E-state index contributed by atoms with van der Waals surface area (Å²) in [4.78, 5) is 10.9. The van der Waals surface area contributed by atoms with Crippen LogP contribution >= 0.6 is 0 Å². The highest BCUT2D eigenvalue weighted by Gasteiger charge is 2.13. The van der Waals surface area contributed by atoms with Gasteiger partial charge in [-0.05, 0) is 18.1 Å². The lowest BCUT2D eigenvalue weighted by Crippen LogP contribution is -1.99. The van der Waals surface area contributed by atoms with E-state index in [1.54, 1.807) is 24.4 Å². The van der Waals surface area contributed by atoms with Gasteiger partial charge in [0.1, 0.15) is 11.5 Å². The maximum Gasteiger partial charge on any atom is 0.153 e. The first-order valence-corrected chi connectivity index (χ1v) is 5.43. The molecule has 0 saturated heterocycles. The number of halogens is 1. The quantitative estimate of drug-likeness (QED) is 0.762. The second-order valence-electron chi connectivity index (χ2n) is 4.14. The van der Waals surface area contributed by atoms with E-state index in [-0.39, 0.29) is 11.7 Å². The van der Waals surface area contributed by atoms with E-state index in [2.05, 4.69) is 5.10 Å². The highest BCUT2D eigenvalue weighted by Crippen LogP contribution is 2.19. The SMILES string of the molecule is CC(C)c1nn(-c2ccccc2F)cc1C=O. The first kappa shape index (κ1) is 11.5. The number of para-hydroxylation sites is 1. The molecule has 0 N–H and O–H groups in total. The van der Waals surface area contributed by atoms with E-state index >= 15 is 0 Å². The van der Waals surface area contributed by atoms with Gasteiger partial charge in [-0.3, -0.25) is 4.79 Å². The average Bonchev–Trinajstić information content (AvgIpc) is 2.73. The van der Waals surface area contributed by atoms with Crippen molar-refractivity contribution in [3.8, 4) is 5.69 Å². The number of aldehydes is 1. The molecule has 1 aromatic carbocycles. The van der Waals surface area contributed by atoms with Gasteiger partial charge in [-0.2, -0.15) is 5.10 Å². The van der Waals surface area contributed by atoms with Gasteiger partial charge in [0, 0.05) is 6.20 Å². The largest absolute Gasteiger partial charge is 0.298 e. The van der Waals surface area contributed by atoms with Crippen LogP contribution in [0.25, 0.3) is 5.69 Å². The highest BCUT2D eigenvalue weighted by atomic mass is 19.1. The van der Waals surface area contributed by atoms with Crippen molar-refractivity contribution in [3.05, 3.63) is 47.5 Å². The molecule has 4 heteroatoms. The maximum atomic E-state index is 13.6. The molecule has 2 rings (SSSR count). The minimum absolute atomic E-state index is 0.128. The maximum absolute atomic E-state index is 13.6. The van der Waals surface area contributed by atoms with E-state index in [0.717, 1.165) is 6.29 Å². The Balaban J connectivity index is 2.54. The third-order valence-electron chi connectivity index (χ3n) is 2.55. The molecule has 0 aliphatic rings. The van der Waals surface area contributed by atoms with Gasteiger partial charge in [-0.25, -0.2) is 9.07 Å². The van der Waals surface area contributed by atoms with Crippen LogP contribution in [0.5, 0.6) is 0 Å². The predicted molar refractivity (Wildman–Crippen MR) is 63.0 cm³/mol. The minimum atomic E-state index is -0.359. The van der Waals surface area contributed by atoms with Crippen LogP contribution in [0.3, 0.4) is 0 Å². The smallest absolute Gasteiger partial charge is 0.153 e. The number of carbonyl (C=O) groups is 1. The molecule has 0 atom stereocenters. The van der Waals surface area contributed by atoms with Gasteiger partial charge in [0.25, 0.3) is 0 Å². The monoisotopic (exact) mass is 232 g/mol. The molecule has 0 radical (unpaired) electrons. The van der Waals surface area contributed by atoms with Crippen molar-refractivity contribution in [2.24, 2.45) is 0 Å². The number of carbonyl (C=O) groups excluding carboxylic acids is 1. The predicted octanol–water partition coefficient (Wildman–Crippen LogP) is 2.95. The first-order valence-electron chi connectivity index (χ1n) is 5.43. The van der Waals surface area contributed by atoms with Crippen LogP contribution < -0.4 is 0 Å². The van der Waals surface area contributed by atoms with Crippen molar-refractivity contribution in [2.45, 2.75) is 19.8 Å². The standard InChI is InChI=1S/C13H13FN2O/c1-9(2)13-10(8-17)7-16(15-13)12-6-4-3-5-11(12)14/h3-9H,1-2H3. The molecule has 0 spiro atoms. The van der Waals surface area contributed by atoms with Crippen molar-refractivity contribution in [3.63, 3.8) is 0 Å². The van der Waals surface area contributed by atoms with Crippen LogP contribution in [0.15, 0.2) is 30.5 Å². The summed E-state index contributed by atoms with van der Waals surface area (Å²) in [7, 11) is 0. The first-order chi connectivity index (χ1) is 8.13. The Kier molecular flexibility index (Phi) is 3.04. The van der Waals surface area contributed by atoms with Crippen LogP contribution in [0.1, 0.15) is 35.8 Å². The molecule has 0 unspecified atom stereocenters. The molecular formula is C13H13FN2O. The Morgan fingerprint density at radius 2 is 2.06 bits per heavy atom. The third kappa shape index (κ3) is 2.11. The van der Waals surface area contributed by atoms with Crippen molar-refractivity contribution in [2.75, 3.05) is 0 Å². The van der Waals surface area contributed by atoms with Gasteiger partial charge >= 0.3 is 0 Å². The van der Waals surface area contributed by atoms with Gasteiger partial charge < -0.3 is 0 Å². The molecule has 3 nitrogen and oxygen atoms in total. The van der Waals surface area contributed by atoms with Gasteiger partial charge in [0.15, 0.2) is 6.29 Å². The average molecular weight is 232 g/mol. The number of hydrogen-bond acceptors (Lipinski definition) is 2.